The van der Waals surface area contributed by atoms with Crippen LogP contribution in [-0.4, -0.2) is 22.5 Å². The molecule has 1 aromatic heterocycles. The van der Waals surface area contributed by atoms with Crippen molar-refractivity contribution in [3.63, 3.8) is 0 Å². The van der Waals surface area contributed by atoms with Crippen molar-refractivity contribution in [1.29, 1.82) is 5.26 Å². The van der Waals surface area contributed by atoms with Crippen molar-refractivity contribution in [3.8, 4) is 6.19 Å². The Balaban J connectivity index is 2.39. The van der Waals surface area contributed by atoms with Gasteiger partial charge in [-0.25, -0.2) is 4.98 Å². The number of nitrogen functional groups attached to an aromatic ring is 1. The molecule has 0 bridgehead atoms. The lowest BCUT2D eigenvalue weighted by Gasteiger charge is -2.19. The fourth-order valence-electron chi connectivity index (χ4n) is 1.53. The molecular formula is C12H18N4. The summed E-state index contributed by atoms with van der Waals surface area (Å²) in [7, 11) is 0. The molecule has 2 N–H and O–H groups in total. The van der Waals surface area contributed by atoms with E-state index >= 15 is 0 Å². The SMILES string of the molecule is CC(C)N(C#N)CCCc1ccnc(N)c1. The molecule has 16 heavy (non-hydrogen) atoms. The standard InChI is InChI=1S/C12H18N4/c1-10(2)16(9-13)7-3-4-11-5-6-15-12(14)8-11/h5-6,8,10H,3-4,7H2,1-2H3,(H2,14,15). The molecule has 1 aromatic rings. The topological polar surface area (TPSA) is 65.9 Å². The number of nitrogens with zero attached hydrogens (tertiary/aromatic N) is 3. The van der Waals surface area contributed by atoms with Gasteiger partial charge in [-0.1, -0.05) is 0 Å². The lowest BCUT2D eigenvalue weighted by atomic mass is 10.1. The molecule has 4 heteroatoms. The highest BCUT2D eigenvalue weighted by Gasteiger charge is 2.05. The summed E-state index contributed by atoms with van der Waals surface area (Å²) in [5.74, 6) is 0.554. The number of nitrogens with two attached hydrogens (primary N) is 1. The summed E-state index contributed by atoms with van der Waals surface area (Å²) in [4.78, 5) is 5.72. The lowest BCUT2D eigenvalue weighted by Crippen LogP contribution is -2.26. The Bertz CT molecular complexity index is 368. The Morgan fingerprint density at radius 2 is 2.31 bits per heavy atom. The molecule has 0 aliphatic rings. The van der Waals surface area contributed by atoms with E-state index in [1.165, 1.54) is 5.56 Å². The quantitative estimate of drug-likeness (QED) is 0.604. The zero-order valence-electron chi connectivity index (χ0n) is 9.85. The number of nitriles is 1. The van der Waals surface area contributed by atoms with E-state index in [2.05, 4.69) is 11.2 Å². The molecule has 1 rings (SSSR count). The zero-order chi connectivity index (χ0) is 12.0. The first-order chi connectivity index (χ1) is 7.63. The second kappa shape index (κ2) is 5.96. The third-order valence-electron chi connectivity index (χ3n) is 2.46. The highest BCUT2D eigenvalue weighted by molar-refractivity contribution is 5.31. The maximum absolute atomic E-state index is 8.88. The number of aromatic nitrogens is 1. The van der Waals surface area contributed by atoms with Crippen LogP contribution in [0.1, 0.15) is 25.8 Å². The Hall–Kier alpha value is -1.76. The summed E-state index contributed by atoms with van der Waals surface area (Å²) in [6.45, 7) is 4.83. The van der Waals surface area contributed by atoms with Gasteiger partial charge in [0.15, 0.2) is 6.19 Å². The minimum absolute atomic E-state index is 0.271. The molecule has 86 valence electrons. The van der Waals surface area contributed by atoms with Gasteiger partial charge in [0.2, 0.25) is 0 Å². The van der Waals surface area contributed by atoms with Gasteiger partial charge in [-0.05, 0) is 44.4 Å². The molecule has 0 amide bonds. The van der Waals surface area contributed by atoms with E-state index in [1.54, 1.807) is 11.1 Å². The van der Waals surface area contributed by atoms with Crippen molar-refractivity contribution < 1.29 is 0 Å². The van der Waals surface area contributed by atoms with Gasteiger partial charge in [0.25, 0.3) is 0 Å². The second-order valence-electron chi connectivity index (χ2n) is 4.08. The summed E-state index contributed by atoms with van der Waals surface area (Å²) in [5.41, 5.74) is 6.77. The fourth-order valence-corrected chi connectivity index (χ4v) is 1.53. The molecule has 0 aliphatic carbocycles. The van der Waals surface area contributed by atoms with Gasteiger partial charge in [0.05, 0.1) is 0 Å². The molecule has 4 nitrogen and oxygen atoms in total. The van der Waals surface area contributed by atoms with Gasteiger partial charge in [-0.3, -0.25) is 0 Å². The lowest BCUT2D eigenvalue weighted by molar-refractivity contribution is 0.321. The van der Waals surface area contributed by atoms with E-state index in [4.69, 9.17) is 11.0 Å². The molecule has 0 radical (unpaired) electrons. The molecule has 1 heterocycles. The minimum atomic E-state index is 0.271. The van der Waals surface area contributed by atoms with E-state index in [0.29, 0.717) is 5.82 Å². The Labute approximate surface area is 96.7 Å². The average molecular weight is 218 g/mol. The van der Waals surface area contributed by atoms with Gasteiger partial charge in [0, 0.05) is 18.8 Å². The van der Waals surface area contributed by atoms with Crippen LogP contribution in [0.3, 0.4) is 0 Å². The van der Waals surface area contributed by atoms with E-state index in [0.717, 1.165) is 19.4 Å². The second-order valence-corrected chi connectivity index (χ2v) is 4.08. The first-order valence-electron chi connectivity index (χ1n) is 5.50. The maximum atomic E-state index is 8.88. The highest BCUT2D eigenvalue weighted by atomic mass is 15.1. The van der Waals surface area contributed by atoms with Crippen LogP contribution in [0.15, 0.2) is 18.3 Å². The van der Waals surface area contributed by atoms with Gasteiger partial charge in [0.1, 0.15) is 5.82 Å². The monoisotopic (exact) mass is 218 g/mol. The van der Waals surface area contributed by atoms with Crippen LogP contribution in [0, 0.1) is 11.5 Å². The molecule has 0 aromatic carbocycles. The summed E-state index contributed by atoms with van der Waals surface area (Å²) < 4.78 is 0. The molecule has 0 unspecified atom stereocenters. The third kappa shape index (κ3) is 3.77. The van der Waals surface area contributed by atoms with Crippen LogP contribution in [0.2, 0.25) is 0 Å². The molecule has 0 saturated heterocycles. The third-order valence-corrected chi connectivity index (χ3v) is 2.46. The Kier molecular flexibility index (Phi) is 4.59. The smallest absolute Gasteiger partial charge is 0.179 e. The summed E-state index contributed by atoms with van der Waals surface area (Å²) in [6.07, 6.45) is 5.79. The number of aryl methyl sites for hydroxylation is 1. The first-order valence-corrected chi connectivity index (χ1v) is 5.50. The first kappa shape index (κ1) is 12.3. The number of rotatable bonds is 5. The van der Waals surface area contributed by atoms with Crippen molar-refractivity contribution in [2.45, 2.75) is 32.7 Å². The van der Waals surface area contributed by atoms with Gasteiger partial charge in [-0.15, -0.1) is 0 Å². The van der Waals surface area contributed by atoms with Crippen molar-refractivity contribution >= 4 is 5.82 Å². The van der Waals surface area contributed by atoms with Gasteiger partial charge in [-0.2, -0.15) is 5.26 Å². The normalized spacial score (nSPS) is 10.1. The number of pyridine rings is 1. The molecular weight excluding hydrogens is 200 g/mol. The van der Waals surface area contributed by atoms with E-state index < -0.39 is 0 Å². The van der Waals surface area contributed by atoms with Crippen molar-refractivity contribution in [2.75, 3.05) is 12.3 Å². The largest absolute Gasteiger partial charge is 0.384 e. The van der Waals surface area contributed by atoms with Crippen LogP contribution < -0.4 is 5.73 Å². The number of anilines is 1. The Morgan fingerprint density at radius 1 is 1.56 bits per heavy atom. The summed E-state index contributed by atoms with van der Waals surface area (Å²) >= 11 is 0. The van der Waals surface area contributed by atoms with Crippen LogP contribution in [0.4, 0.5) is 5.82 Å². The van der Waals surface area contributed by atoms with Gasteiger partial charge >= 0.3 is 0 Å². The zero-order valence-corrected chi connectivity index (χ0v) is 9.85. The van der Waals surface area contributed by atoms with Crippen LogP contribution in [0.5, 0.6) is 0 Å². The maximum Gasteiger partial charge on any atom is 0.179 e. The van der Waals surface area contributed by atoms with E-state index in [1.807, 2.05) is 26.0 Å². The van der Waals surface area contributed by atoms with Crippen LogP contribution in [0.25, 0.3) is 0 Å². The molecule has 0 spiro atoms. The minimum Gasteiger partial charge on any atom is -0.384 e. The molecule has 0 saturated carbocycles. The molecule has 0 aliphatic heterocycles. The predicted molar refractivity (Wildman–Crippen MR) is 64.4 cm³/mol. The van der Waals surface area contributed by atoms with Crippen LogP contribution >= 0.6 is 0 Å². The van der Waals surface area contributed by atoms with Crippen molar-refractivity contribution in [3.05, 3.63) is 23.9 Å². The molecule has 0 fully saturated rings. The van der Waals surface area contributed by atoms with Crippen molar-refractivity contribution in [2.24, 2.45) is 0 Å². The van der Waals surface area contributed by atoms with E-state index in [-0.39, 0.29) is 6.04 Å². The Morgan fingerprint density at radius 3 is 2.88 bits per heavy atom. The van der Waals surface area contributed by atoms with Gasteiger partial charge < -0.3 is 10.6 Å². The number of hydrogen-bond acceptors (Lipinski definition) is 4. The van der Waals surface area contributed by atoms with Crippen molar-refractivity contribution in [1.82, 2.24) is 9.88 Å². The fraction of sp³-hybridized carbons (Fsp3) is 0.500. The average Bonchev–Trinajstić information content (AvgIpc) is 2.24. The number of hydrogen-bond donors (Lipinski definition) is 1. The summed E-state index contributed by atoms with van der Waals surface area (Å²) in [6, 6.07) is 4.11. The molecule has 0 atom stereocenters. The highest BCUT2D eigenvalue weighted by Crippen LogP contribution is 2.07. The van der Waals surface area contributed by atoms with E-state index in [9.17, 15) is 0 Å². The summed E-state index contributed by atoms with van der Waals surface area (Å²) in [5, 5.41) is 8.88. The van der Waals surface area contributed by atoms with Crippen LogP contribution in [-0.2, 0) is 6.42 Å². The predicted octanol–water partition coefficient (Wildman–Crippen LogP) is 1.79.